The Kier molecular flexibility index (Phi) is 5.38. The van der Waals surface area contributed by atoms with Gasteiger partial charge in [0.1, 0.15) is 5.82 Å². The molecular weight excluding hydrogens is 307 g/mol. The molecule has 126 valence electrons. The fourth-order valence-electron chi connectivity index (χ4n) is 2.83. The molecule has 5 nitrogen and oxygen atoms in total. The van der Waals surface area contributed by atoms with E-state index in [2.05, 4.69) is 10.3 Å². The summed E-state index contributed by atoms with van der Waals surface area (Å²) in [6.07, 6.45) is 3.47. The van der Waals surface area contributed by atoms with Crippen molar-refractivity contribution in [1.82, 2.24) is 15.2 Å². The number of nitrogens with one attached hydrogen (secondary N) is 1. The first-order chi connectivity index (χ1) is 11.7. The SMILES string of the molecule is O=C(CNCc1ccncc1)N1CCN(c2ccccc2F)CC1. The molecule has 1 aliphatic heterocycles. The highest BCUT2D eigenvalue weighted by molar-refractivity contribution is 5.78. The van der Waals surface area contributed by atoms with Crippen molar-refractivity contribution in [1.29, 1.82) is 0 Å². The minimum Gasteiger partial charge on any atom is -0.366 e. The number of piperazine rings is 1. The largest absolute Gasteiger partial charge is 0.366 e. The number of carbonyl (C=O) groups is 1. The second kappa shape index (κ2) is 7.88. The standard InChI is InChI=1S/C18H21FN4O/c19-16-3-1-2-4-17(16)22-9-11-23(12-10-22)18(24)14-21-13-15-5-7-20-8-6-15/h1-8,21H,9-14H2. The predicted molar refractivity (Wildman–Crippen MR) is 91.1 cm³/mol. The van der Waals surface area contributed by atoms with E-state index in [4.69, 9.17) is 0 Å². The minimum atomic E-state index is -0.212. The fourth-order valence-corrected chi connectivity index (χ4v) is 2.83. The first-order valence-electron chi connectivity index (χ1n) is 8.11. The van der Waals surface area contributed by atoms with Crippen molar-refractivity contribution >= 4 is 11.6 Å². The quantitative estimate of drug-likeness (QED) is 0.907. The number of hydrogen-bond acceptors (Lipinski definition) is 4. The van der Waals surface area contributed by atoms with Gasteiger partial charge in [-0.05, 0) is 29.8 Å². The van der Waals surface area contributed by atoms with Crippen molar-refractivity contribution in [3.63, 3.8) is 0 Å². The van der Waals surface area contributed by atoms with Crippen molar-refractivity contribution < 1.29 is 9.18 Å². The Morgan fingerprint density at radius 1 is 1.08 bits per heavy atom. The van der Waals surface area contributed by atoms with Gasteiger partial charge in [0.2, 0.25) is 5.91 Å². The highest BCUT2D eigenvalue weighted by Crippen LogP contribution is 2.20. The van der Waals surface area contributed by atoms with E-state index in [1.165, 1.54) is 6.07 Å². The third kappa shape index (κ3) is 4.08. The van der Waals surface area contributed by atoms with Crippen LogP contribution in [0.2, 0.25) is 0 Å². The summed E-state index contributed by atoms with van der Waals surface area (Å²) in [5.74, 6) is -0.131. The molecule has 1 amide bonds. The number of amides is 1. The van der Waals surface area contributed by atoms with Crippen LogP contribution in [-0.4, -0.2) is 48.5 Å². The predicted octanol–water partition coefficient (Wildman–Crippen LogP) is 1.66. The summed E-state index contributed by atoms with van der Waals surface area (Å²) in [4.78, 5) is 20.0. The van der Waals surface area contributed by atoms with Gasteiger partial charge >= 0.3 is 0 Å². The van der Waals surface area contributed by atoms with Crippen LogP contribution < -0.4 is 10.2 Å². The number of nitrogens with zero attached hydrogens (tertiary/aromatic N) is 3. The smallest absolute Gasteiger partial charge is 0.236 e. The van der Waals surface area contributed by atoms with Crippen LogP contribution in [0.25, 0.3) is 0 Å². The van der Waals surface area contributed by atoms with Crippen LogP contribution in [0.3, 0.4) is 0 Å². The second-order valence-corrected chi connectivity index (χ2v) is 5.78. The minimum absolute atomic E-state index is 0.0808. The van der Waals surface area contributed by atoms with Gasteiger partial charge in [0.25, 0.3) is 0 Å². The van der Waals surface area contributed by atoms with E-state index >= 15 is 0 Å². The van der Waals surface area contributed by atoms with Gasteiger partial charge < -0.3 is 15.1 Å². The first-order valence-corrected chi connectivity index (χ1v) is 8.11. The number of pyridine rings is 1. The summed E-state index contributed by atoms with van der Waals surface area (Å²) in [6.45, 7) is 3.48. The third-order valence-corrected chi connectivity index (χ3v) is 4.18. The molecular formula is C18H21FN4O. The zero-order chi connectivity index (χ0) is 16.8. The third-order valence-electron chi connectivity index (χ3n) is 4.18. The van der Waals surface area contributed by atoms with Crippen LogP contribution >= 0.6 is 0 Å². The van der Waals surface area contributed by atoms with Crippen molar-refractivity contribution in [2.24, 2.45) is 0 Å². The highest BCUT2D eigenvalue weighted by Gasteiger charge is 2.22. The van der Waals surface area contributed by atoms with Gasteiger partial charge in [-0.1, -0.05) is 12.1 Å². The second-order valence-electron chi connectivity index (χ2n) is 5.78. The average Bonchev–Trinajstić information content (AvgIpc) is 2.63. The Morgan fingerprint density at radius 2 is 1.79 bits per heavy atom. The summed E-state index contributed by atoms with van der Waals surface area (Å²) in [5, 5.41) is 3.16. The molecule has 0 aliphatic carbocycles. The lowest BCUT2D eigenvalue weighted by Gasteiger charge is -2.36. The van der Waals surface area contributed by atoms with E-state index in [9.17, 15) is 9.18 Å². The number of para-hydroxylation sites is 1. The Labute approximate surface area is 141 Å². The first kappa shape index (κ1) is 16.4. The maximum atomic E-state index is 13.8. The molecule has 3 rings (SSSR count). The Bertz CT molecular complexity index is 672. The summed E-state index contributed by atoms with van der Waals surface area (Å²) < 4.78 is 13.8. The van der Waals surface area contributed by atoms with Crippen LogP contribution in [0.1, 0.15) is 5.56 Å². The Morgan fingerprint density at radius 3 is 2.50 bits per heavy atom. The number of rotatable bonds is 5. The van der Waals surface area contributed by atoms with Crippen LogP contribution in [0.15, 0.2) is 48.8 Å². The van der Waals surface area contributed by atoms with E-state index in [-0.39, 0.29) is 11.7 Å². The number of hydrogen-bond donors (Lipinski definition) is 1. The summed E-state index contributed by atoms with van der Waals surface area (Å²) in [6, 6.07) is 10.6. The van der Waals surface area contributed by atoms with Crippen LogP contribution in [0.4, 0.5) is 10.1 Å². The van der Waals surface area contributed by atoms with Gasteiger partial charge in [-0.25, -0.2) is 4.39 Å². The number of benzene rings is 1. The number of halogens is 1. The molecule has 2 aromatic rings. The molecule has 0 radical (unpaired) electrons. The number of carbonyl (C=O) groups excluding carboxylic acids is 1. The average molecular weight is 328 g/mol. The van der Waals surface area contributed by atoms with Crippen LogP contribution in [0.5, 0.6) is 0 Å². The lowest BCUT2D eigenvalue weighted by Crippen LogP contribution is -2.51. The molecule has 0 unspecified atom stereocenters. The van der Waals surface area contributed by atoms with Gasteiger partial charge in [-0.2, -0.15) is 0 Å². The Balaban J connectivity index is 1.44. The maximum absolute atomic E-state index is 13.8. The van der Waals surface area contributed by atoms with E-state index in [1.807, 2.05) is 28.0 Å². The van der Waals surface area contributed by atoms with Crippen molar-refractivity contribution in [2.45, 2.75) is 6.54 Å². The fraction of sp³-hybridized carbons (Fsp3) is 0.333. The summed E-state index contributed by atoms with van der Waals surface area (Å²) >= 11 is 0. The zero-order valence-corrected chi connectivity index (χ0v) is 13.5. The lowest BCUT2D eigenvalue weighted by atomic mass is 10.2. The molecule has 1 saturated heterocycles. The highest BCUT2D eigenvalue weighted by atomic mass is 19.1. The zero-order valence-electron chi connectivity index (χ0n) is 13.5. The van der Waals surface area contributed by atoms with Crippen LogP contribution in [0, 0.1) is 5.82 Å². The Hall–Kier alpha value is -2.47. The topological polar surface area (TPSA) is 48.5 Å². The summed E-state index contributed by atoms with van der Waals surface area (Å²) in [5.41, 5.74) is 1.71. The number of aromatic nitrogens is 1. The molecule has 1 aromatic heterocycles. The van der Waals surface area contributed by atoms with Gasteiger partial charge in [-0.3, -0.25) is 9.78 Å². The molecule has 0 spiro atoms. The van der Waals surface area contributed by atoms with E-state index < -0.39 is 0 Å². The van der Waals surface area contributed by atoms with Crippen molar-refractivity contribution in [3.05, 3.63) is 60.2 Å². The molecule has 1 aliphatic rings. The molecule has 2 heterocycles. The normalized spacial score (nSPS) is 14.7. The summed E-state index contributed by atoms with van der Waals surface area (Å²) in [7, 11) is 0. The molecule has 0 atom stereocenters. The van der Waals surface area contributed by atoms with Gasteiger partial charge in [0.05, 0.1) is 12.2 Å². The monoisotopic (exact) mass is 328 g/mol. The van der Waals surface area contributed by atoms with Crippen molar-refractivity contribution in [3.8, 4) is 0 Å². The molecule has 1 fully saturated rings. The maximum Gasteiger partial charge on any atom is 0.236 e. The lowest BCUT2D eigenvalue weighted by molar-refractivity contribution is -0.130. The molecule has 0 saturated carbocycles. The van der Waals surface area contributed by atoms with Gasteiger partial charge in [0, 0.05) is 45.1 Å². The van der Waals surface area contributed by atoms with E-state index in [0.29, 0.717) is 45.0 Å². The molecule has 6 heteroatoms. The number of anilines is 1. The van der Waals surface area contributed by atoms with Crippen molar-refractivity contribution in [2.75, 3.05) is 37.6 Å². The molecule has 0 bridgehead atoms. The van der Waals surface area contributed by atoms with Gasteiger partial charge in [-0.15, -0.1) is 0 Å². The van der Waals surface area contributed by atoms with E-state index in [0.717, 1.165) is 5.56 Å². The van der Waals surface area contributed by atoms with E-state index in [1.54, 1.807) is 24.5 Å². The molecule has 24 heavy (non-hydrogen) atoms. The molecule has 1 aromatic carbocycles. The van der Waals surface area contributed by atoms with Gasteiger partial charge in [0.15, 0.2) is 0 Å². The molecule has 1 N–H and O–H groups in total. The van der Waals surface area contributed by atoms with Crippen LogP contribution in [-0.2, 0) is 11.3 Å².